The van der Waals surface area contributed by atoms with Crippen LogP contribution in [0.15, 0.2) is 30.5 Å². The quantitative estimate of drug-likeness (QED) is 0.657. The summed E-state index contributed by atoms with van der Waals surface area (Å²) in [6, 6.07) is 3.17. The number of halogens is 3. The van der Waals surface area contributed by atoms with Crippen molar-refractivity contribution in [1.29, 1.82) is 0 Å². The molecule has 0 unspecified atom stereocenters. The van der Waals surface area contributed by atoms with Crippen molar-refractivity contribution in [3.8, 4) is 0 Å². The van der Waals surface area contributed by atoms with Crippen molar-refractivity contribution in [2.24, 2.45) is 5.73 Å². The minimum absolute atomic E-state index is 0.127. The van der Waals surface area contributed by atoms with Gasteiger partial charge < -0.3 is 5.73 Å². The molecule has 8 heteroatoms. The number of aromatic nitrogens is 2. The molecule has 1 amide bonds. The molecule has 0 fully saturated rings. The molecule has 0 radical (unpaired) electrons. The maximum absolute atomic E-state index is 12.5. The predicted octanol–water partition coefficient (Wildman–Crippen LogP) is 2.27. The van der Waals surface area contributed by atoms with E-state index >= 15 is 0 Å². The summed E-state index contributed by atoms with van der Waals surface area (Å²) < 4.78 is 38.8. The molecule has 0 aliphatic heterocycles. The monoisotopic (exact) mass is 287 g/mol. The third-order valence-electron chi connectivity index (χ3n) is 2.38. The molecule has 2 aromatic rings. The number of amides is 1. The number of thiol groups is 1. The van der Waals surface area contributed by atoms with E-state index in [0.29, 0.717) is 10.9 Å². The number of hydrogen-bond acceptors (Lipinski definition) is 3. The largest absolute Gasteiger partial charge is 0.416 e. The summed E-state index contributed by atoms with van der Waals surface area (Å²) in [6.45, 7) is 0. The zero-order chi connectivity index (χ0) is 14.2. The van der Waals surface area contributed by atoms with Crippen LogP contribution >= 0.6 is 12.6 Å². The summed E-state index contributed by atoms with van der Waals surface area (Å²) in [5.41, 5.74) is 4.60. The summed E-state index contributed by atoms with van der Waals surface area (Å²) in [5.74, 6) is -0.722. The molecule has 1 aromatic heterocycles. The van der Waals surface area contributed by atoms with Crippen molar-refractivity contribution in [1.82, 2.24) is 9.78 Å². The first kappa shape index (κ1) is 13.5. The van der Waals surface area contributed by atoms with Gasteiger partial charge in [-0.05, 0) is 18.2 Å². The lowest BCUT2D eigenvalue weighted by Crippen LogP contribution is -2.08. The van der Waals surface area contributed by atoms with Crippen LogP contribution in [-0.2, 0) is 11.0 Å². The highest BCUT2D eigenvalue weighted by Crippen LogP contribution is 2.31. The van der Waals surface area contributed by atoms with Gasteiger partial charge in [-0.15, -0.1) is 12.6 Å². The number of benzene rings is 1. The van der Waals surface area contributed by atoms with Gasteiger partial charge in [0.05, 0.1) is 17.3 Å². The number of fused-ring (bicyclic) bond motifs is 1. The Labute approximate surface area is 111 Å². The maximum atomic E-state index is 12.5. The summed E-state index contributed by atoms with van der Waals surface area (Å²) in [6.07, 6.45) is -2.13. The molecule has 4 nitrogen and oxygen atoms in total. The lowest BCUT2D eigenvalue weighted by Gasteiger charge is -2.07. The third kappa shape index (κ3) is 2.73. The highest BCUT2D eigenvalue weighted by Gasteiger charge is 2.30. The van der Waals surface area contributed by atoms with Gasteiger partial charge in [0.1, 0.15) is 5.03 Å². The minimum atomic E-state index is -4.41. The van der Waals surface area contributed by atoms with E-state index in [1.165, 1.54) is 16.9 Å². The van der Waals surface area contributed by atoms with E-state index < -0.39 is 17.6 Å². The lowest BCUT2D eigenvalue weighted by molar-refractivity contribution is -0.137. The SMILES string of the molecule is NC(=O)/C=C(\S)n1ncc2cc(C(F)(F)F)ccc21. The molecule has 0 atom stereocenters. The molecule has 2 N–H and O–H groups in total. The van der Waals surface area contributed by atoms with E-state index in [4.69, 9.17) is 5.73 Å². The number of alkyl halides is 3. The number of nitrogens with two attached hydrogens (primary N) is 1. The van der Waals surface area contributed by atoms with Gasteiger partial charge in [0.25, 0.3) is 0 Å². The Morgan fingerprint density at radius 1 is 1.42 bits per heavy atom. The number of rotatable bonds is 2. The van der Waals surface area contributed by atoms with Gasteiger partial charge in [0.2, 0.25) is 5.91 Å². The second-order valence-corrected chi connectivity index (χ2v) is 4.19. The van der Waals surface area contributed by atoms with Crippen LogP contribution in [0.1, 0.15) is 5.56 Å². The van der Waals surface area contributed by atoms with Crippen LogP contribution < -0.4 is 5.73 Å². The highest BCUT2D eigenvalue weighted by atomic mass is 32.1. The van der Waals surface area contributed by atoms with E-state index in [1.54, 1.807) is 0 Å². The Kier molecular flexibility index (Phi) is 3.27. The normalized spacial score (nSPS) is 12.9. The Morgan fingerprint density at radius 3 is 2.68 bits per heavy atom. The van der Waals surface area contributed by atoms with Crippen LogP contribution in [0.5, 0.6) is 0 Å². The molecular formula is C11H8F3N3OS. The van der Waals surface area contributed by atoms with Crippen LogP contribution in [-0.4, -0.2) is 15.7 Å². The van der Waals surface area contributed by atoms with Crippen LogP contribution in [0.2, 0.25) is 0 Å². The molecule has 1 heterocycles. The third-order valence-corrected chi connectivity index (χ3v) is 2.70. The second-order valence-electron chi connectivity index (χ2n) is 3.73. The van der Waals surface area contributed by atoms with Crippen LogP contribution in [0.4, 0.5) is 13.2 Å². The molecule has 2 rings (SSSR count). The fraction of sp³-hybridized carbons (Fsp3) is 0.0909. The summed E-state index contributed by atoms with van der Waals surface area (Å²) in [4.78, 5) is 10.7. The van der Waals surface area contributed by atoms with Crippen LogP contribution in [0, 0.1) is 0 Å². The Bertz CT molecular complexity index is 675. The highest BCUT2D eigenvalue weighted by molar-refractivity contribution is 7.90. The van der Waals surface area contributed by atoms with Gasteiger partial charge >= 0.3 is 6.18 Å². The van der Waals surface area contributed by atoms with Crippen molar-refractivity contribution in [3.05, 3.63) is 36.0 Å². The second kappa shape index (κ2) is 4.61. The Hall–Kier alpha value is -1.96. The topological polar surface area (TPSA) is 60.9 Å². The van der Waals surface area contributed by atoms with Gasteiger partial charge in [0.15, 0.2) is 0 Å². The molecule has 1 aromatic carbocycles. The maximum Gasteiger partial charge on any atom is 0.416 e. The van der Waals surface area contributed by atoms with Crippen molar-refractivity contribution >= 4 is 34.5 Å². The summed E-state index contributed by atoms with van der Waals surface area (Å²) in [7, 11) is 0. The first-order chi connectivity index (χ1) is 8.79. The fourth-order valence-corrected chi connectivity index (χ4v) is 1.87. The lowest BCUT2D eigenvalue weighted by atomic mass is 10.1. The van der Waals surface area contributed by atoms with E-state index in [9.17, 15) is 18.0 Å². The van der Waals surface area contributed by atoms with Gasteiger partial charge in [0, 0.05) is 11.5 Å². The molecule has 19 heavy (non-hydrogen) atoms. The number of nitrogens with zero attached hydrogens (tertiary/aromatic N) is 2. The first-order valence-corrected chi connectivity index (χ1v) is 5.49. The van der Waals surface area contributed by atoms with Gasteiger partial charge in [-0.25, -0.2) is 4.68 Å². The zero-order valence-corrected chi connectivity index (χ0v) is 10.2. The van der Waals surface area contributed by atoms with E-state index in [0.717, 1.165) is 18.2 Å². The molecular weight excluding hydrogens is 279 g/mol. The number of carbonyl (C=O) groups is 1. The molecule has 0 saturated carbocycles. The zero-order valence-electron chi connectivity index (χ0n) is 9.35. The van der Waals surface area contributed by atoms with E-state index in [-0.39, 0.29) is 5.03 Å². The van der Waals surface area contributed by atoms with Gasteiger partial charge in [-0.2, -0.15) is 18.3 Å². The van der Waals surface area contributed by atoms with Crippen molar-refractivity contribution in [3.63, 3.8) is 0 Å². The molecule has 100 valence electrons. The van der Waals surface area contributed by atoms with Gasteiger partial charge in [-0.1, -0.05) is 0 Å². The molecule has 0 aliphatic carbocycles. The average Bonchev–Trinajstić information content (AvgIpc) is 2.69. The molecule has 0 saturated heterocycles. The molecule has 0 bridgehead atoms. The van der Waals surface area contributed by atoms with Crippen molar-refractivity contribution in [2.45, 2.75) is 6.18 Å². The number of hydrogen-bond donors (Lipinski definition) is 2. The van der Waals surface area contributed by atoms with Crippen LogP contribution in [0.3, 0.4) is 0 Å². The molecule has 0 aliphatic rings. The van der Waals surface area contributed by atoms with Crippen molar-refractivity contribution < 1.29 is 18.0 Å². The summed E-state index contributed by atoms with van der Waals surface area (Å²) >= 11 is 4.02. The van der Waals surface area contributed by atoms with Crippen LogP contribution in [0.25, 0.3) is 15.9 Å². The summed E-state index contributed by atoms with van der Waals surface area (Å²) in [5, 5.41) is 4.29. The number of primary amides is 1. The van der Waals surface area contributed by atoms with E-state index in [1.807, 2.05) is 0 Å². The van der Waals surface area contributed by atoms with Gasteiger partial charge in [-0.3, -0.25) is 4.79 Å². The van der Waals surface area contributed by atoms with E-state index in [2.05, 4.69) is 17.7 Å². The molecule has 0 spiro atoms. The number of carbonyl (C=O) groups excluding carboxylic acids is 1. The van der Waals surface area contributed by atoms with Crippen molar-refractivity contribution in [2.75, 3.05) is 0 Å². The standard InChI is InChI=1S/C11H8F3N3OS/c12-11(13,14)7-1-2-8-6(3-7)5-16-17(8)10(19)4-9(15)18/h1-5,19H,(H2,15,18)/b10-4-. The predicted molar refractivity (Wildman–Crippen MR) is 67.2 cm³/mol. The smallest absolute Gasteiger partial charge is 0.366 e. The Morgan fingerprint density at radius 2 is 2.11 bits per heavy atom. The fourth-order valence-electron chi connectivity index (χ4n) is 1.58. The average molecular weight is 287 g/mol. The minimum Gasteiger partial charge on any atom is -0.366 e. The first-order valence-electron chi connectivity index (χ1n) is 5.04. The Balaban J connectivity index is 2.54.